The zero-order chi connectivity index (χ0) is 20.9. The molecular weight excluding hydrogens is 392 g/mol. The fourth-order valence-electron chi connectivity index (χ4n) is 3.29. The molecule has 3 aromatic rings. The van der Waals surface area contributed by atoms with E-state index in [2.05, 4.69) is 9.97 Å². The number of nitrogens with two attached hydrogens (primary N) is 1. The van der Waals surface area contributed by atoms with Gasteiger partial charge in [-0.2, -0.15) is 18.2 Å². The lowest BCUT2D eigenvalue weighted by Gasteiger charge is -2.20. The third-order valence-electron chi connectivity index (χ3n) is 4.57. The lowest BCUT2D eigenvalue weighted by molar-refractivity contribution is -0.138. The predicted octanol–water partition coefficient (Wildman–Crippen LogP) is 3.87. The number of aromatic nitrogens is 2. The summed E-state index contributed by atoms with van der Waals surface area (Å²) in [5.74, 6) is -0.529. The Morgan fingerprint density at radius 1 is 1.21 bits per heavy atom. The monoisotopic (exact) mass is 406 g/mol. The Morgan fingerprint density at radius 2 is 1.97 bits per heavy atom. The zero-order valence-electron chi connectivity index (χ0n) is 15.0. The highest BCUT2D eigenvalue weighted by molar-refractivity contribution is 6.02. The van der Waals surface area contributed by atoms with Crippen LogP contribution in [0.15, 0.2) is 34.7 Å². The van der Waals surface area contributed by atoms with E-state index in [4.69, 9.17) is 10.2 Å². The van der Waals surface area contributed by atoms with Crippen molar-refractivity contribution >= 4 is 17.7 Å². The number of carbonyl (C=O) groups is 1. The Morgan fingerprint density at radius 3 is 2.62 bits per heavy atom. The smallest absolute Gasteiger partial charge is 0.416 e. The summed E-state index contributed by atoms with van der Waals surface area (Å²) >= 11 is 0. The average Bonchev–Trinajstić information content (AvgIpc) is 3.19. The van der Waals surface area contributed by atoms with Gasteiger partial charge in [0.2, 0.25) is 11.9 Å². The summed E-state index contributed by atoms with van der Waals surface area (Å²) in [4.78, 5) is 21.9. The maximum Gasteiger partial charge on any atom is 0.416 e. The van der Waals surface area contributed by atoms with Crippen LogP contribution in [0.2, 0.25) is 0 Å². The Bertz CT molecular complexity index is 1120. The first-order valence-electron chi connectivity index (χ1n) is 8.52. The quantitative estimate of drug-likeness (QED) is 0.668. The van der Waals surface area contributed by atoms with Crippen LogP contribution in [0.1, 0.15) is 22.5 Å². The molecule has 2 aromatic heterocycles. The Labute approximate surface area is 162 Å². The molecule has 1 aliphatic rings. The summed E-state index contributed by atoms with van der Waals surface area (Å²) in [5.41, 5.74) is 5.08. The number of rotatable bonds is 3. The van der Waals surface area contributed by atoms with Crippen LogP contribution in [0.5, 0.6) is 0 Å². The van der Waals surface area contributed by atoms with Gasteiger partial charge in [0.05, 0.1) is 18.5 Å². The third-order valence-corrected chi connectivity index (χ3v) is 4.57. The molecule has 0 fully saturated rings. The summed E-state index contributed by atoms with van der Waals surface area (Å²) in [5, 5.41) is 0. The topological polar surface area (TPSA) is 85.2 Å². The molecule has 4 rings (SSSR count). The van der Waals surface area contributed by atoms with Crippen LogP contribution >= 0.6 is 0 Å². The summed E-state index contributed by atoms with van der Waals surface area (Å²) in [6, 6.07) is 5.69. The normalized spacial score (nSPS) is 13.8. The van der Waals surface area contributed by atoms with Crippen LogP contribution in [0.3, 0.4) is 0 Å². The number of anilines is 2. The number of nitrogens with zero attached hydrogens (tertiary/aromatic N) is 3. The van der Waals surface area contributed by atoms with Crippen molar-refractivity contribution in [3.63, 3.8) is 0 Å². The number of hydrogen-bond acceptors (Lipinski definition) is 5. The average molecular weight is 406 g/mol. The van der Waals surface area contributed by atoms with Crippen molar-refractivity contribution in [2.45, 2.75) is 26.1 Å². The van der Waals surface area contributed by atoms with Gasteiger partial charge in [-0.3, -0.25) is 9.69 Å². The highest BCUT2D eigenvalue weighted by Crippen LogP contribution is 2.38. The molecule has 1 aliphatic heterocycles. The molecular formula is C19H14F4N4O2. The molecule has 150 valence electrons. The molecule has 0 saturated carbocycles. The van der Waals surface area contributed by atoms with E-state index < -0.39 is 30.0 Å². The van der Waals surface area contributed by atoms with E-state index in [1.807, 2.05) is 0 Å². The van der Waals surface area contributed by atoms with Crippen molar-refractivity contribution < 1.29 is 26.8 Å². The third kappa shape index (κ3) is 3.41. The molecule has 3 heterocycles. The maximum atomic E-state index is 13.4. The molecule has 0 bridgehead atoms. The van der Waals surface area contributed by atoms with Crippen molar-refractivity contribution in [2.24, 2.45) is 0 Å². The Hall–Kier alpha value is -3.43. The van der Waals surface area contributed by atoms with E-state index in [-0.39, 0.29) is 23.8 Å². The van der Waals surface area contributed by atoms with Gasteiger partial charge in [0.25, 0.3) is 0 Å². The number of aryl methyl sites for hydroxylation is 1. The number of furan rings is 1. The summed E-state index contributed by atoms with van der Waals surface area (Å²) in [6.07, 6.45) is -4.89. The molecule has 29 heavy (non-hydrogen) atoms. The second kappa shape index (κ2) is 6.57. The van der Waals surface area contributed by atoms with Crippen LogP contribution in [0.25, 0.3) is 11.5 Å². The zero-order valence-corrected chi connectivity index (χ0v) is 15.0. The van der Waals surface area contributed by atoms with E-state index in [0.717, 1.165) is 17.0 Å². The number of hydrogen-bond donors (Lipinski definition) is 1. The standard InChI is InChI=1S/C19H14F4N4O2/c1-9-2-5-14(29-9)16-12-7-15(28)27(17(12)26-18(24)25-16)8-10-3-4-11(20)6-13(10)19(21,22)23/h2-6H,7-8H2,1H3,(H2,24,25,26). The number of nitrogen functional groups attached to an aromatic ring is 1. The molecule has 0 atom stereocenters. The van der Waals surface area contributed by atoms with Crippen LogP contribution in [0, 0.1) is 12.7 Å². The van der Waals surface area contributed by atoms with Crippen LogP contribution < -0.4 is 10.6 Å². The summed E-state index contributed by atoms with van der Waals surface area (Å²) in [7, 11) is 0. The minimum absolute atomic E-state index is 0.115. The van der Waals surface area contributed by atoms with Gasteiger partial charge in [0.1, 0.15) is 23.1 Å². The first-order chi connectivity index (χ1) is 13.6. The minimum Gasteiger partial charge on any atom is -0.460 e. The molecule has 1 aromatic carbocycles. The lowest BCUT2D eigenvalue weighted by atomic mass is 10.1. The maximum absolute atomic E-state index is 13.4. The van der Waals surface area contributed by atoms with E-state index >= 15 is 0 Å². The largest absolute Gasteiger partial charge is 0.460 e. The number of amides is 1. The van der Waals surface area contributed by atoms with Crippen molar-refractivity contribution in [1.82, 2.24) is 9.97 Å². The highest BCUT2D eigenvalue weighted by Gasteiger charge is 2.37. The molecule has 6 nitrogen and oxygen atoms in total. The van der Waals surface area contributed by atoms with Gasteiger partial charge < -0.3 is 10.2 Å². The molecule has 0 saturated heterocycles. The second-order valence-electron chi connectivity index (χ2n) is 6.60. The summed E-state index contributed by atoms with van der Waals surface area (Å²) < 4.78 is 58.9. The van der Waals surface area contributed by atoms with E-state index in [1.165, 1.54) is 0 Å². The van der Waals surface area contributed by atoms with Crippen LogP contribution in [0.4, 0.5) is 29.3 Å². The Balaban J connectivity index is 1.79. The number of alkyl halides is 3. The number of carbonyl (C=O) groups excluding carboxylic acids is 1. The lowest BCUT2D eigenvalue weighted by Crippen LogP contribution is -2.28. The fraction of sp³-hybridized carbons (Fsp3) is 0.211. The van der Waals surface area contributed by atoms with Crippen LogP contribution in [-0.2, 0) is 23.9 Å². The number of fused-ring (bicyclic) bond motifs is 1. The molecule has 0 unspecified atom stereocenters. The van der Waals surface area contributed by atoms with Crippen molar-refractivity contribution in [2.75, 3.05) is 10.6 Å². The van der Waals surface area contributed by atoms with E-state index in [1.54, 1.807) is 19.1 Å². The van der Waals surface area contributed by atoms with Gasteiger partial charge in [-0.15, -0.1) is 0 Å². The number of halogens is 4. The molecule has 0 radical (unpaired) electrons. The summed E-state index contributed by atoms with van der Waals surface area (Å²) in [6.45, 7) is 1.30. The Kier molecular flexibility index (Phi) is 4.29. The minimum atomic E-state index is -4.77. The SMILES string of the molecule is Cc1ccc(-c2nc(N)nc3c2CC(=O)N3Cc2ccc(F)cc2C(F)(F)F)o1. The van der Waals surface area contributed by atoms with Gasteiger partial charge in [-0.1, -0.05) is 6.07 Å². The van der Waals surface area contributed by atoms with Crippen LogP contribution in [-0.4, -0.2) is 15.9 Å². The van der Waals surface area contributed by atoms with Gasteiger partial charge in [0, 0.05) is 5.56 Å². The van der Waals surface area contributed by atoms with Gasteiger partial charge in [-0.05, 0) is 36.8 Å². The fourth-order valence-corrected chi connectivity index (χ4v) is 3.29. The van der Waals surface area contributed by atoms with Crippen molar-refractivity contribution in [3.05, 3.63) is 58.6 Å². The molecule has 1 amide bonds. The number of benzene rings is 1. The van der Waals surface area contributed by atoms with Crippen molar-refractivity contribution in [1.29, 1.82) is 0 Å². The predicted molar refractivity (Wildman–Crippen MR) is 95.2 cm³/mol. The molecule has 0 aliphatic carbocycles. The van der Waals surface area contributed by atoms with Gasteiger partial charge in [0.15, 0.2) is 5.76 Å². The first kappa shape index (κ1) is 18.9. The van der Waals surface area contributed by atoms with E-state index in [0.29, 0.717) is 28.8 Å². The van der Waals surface area contributed by atoms with Crippen molar-refractivity contribution in [3.8, 4) is 11.5 Å². The first-order valence-corrected chi connectivity index (χ1v) is 8.52. The molecule has 2 N–H and O–H groups in total. The van der Waals surface area contributed by atoms with Gasteiger partial charge in [-0.25, -0.2) is 9.37 Å². The molecule has 0 spiro atoms. The second-order valence-corrected chi connectivity index (χ2v) is 6.60. The van der Waals surface area contributed by atoms with Gasteiger partial charge >= 0.3 is 6.18 Å². The highest BCUT2D eigenvalue weighted by atomic mass is 19.4. The van der Waals surface area contributed by atoms with E-state index in [9.17, 15) is 22.4 Å². The molecule has 10 heteroatoms.